The molecular formula is C16H24N2O3. The van der Waals surface area contributed by atoms with E-state index in [0.29, 0.717) is 25.3 Å². The molecule has 0 bridgehead atoms. The largest absolute Gasteiger partial charge is 0.480 e. The molecule has 0 aliphatic heterocycles. The zero-order valence-electron chi connectivity index (χ0n) is 12.6. The number of nitrogens with one attached hydrogen (secondary N) is 2. The van der Waals surface area contributed by atoms with E-state index in [0.717, 1.165) is 6.42 Å². The Kier molecular flexibility index (Phi) is 7.29. The van der Waals surface area contributed by atoms with Crippen LogP contribution in [0.1, 0.15) is 44.6 Å². The molecule has 5 nitrogen and oxygen atoms in total. The summed E-state index contributed by atoms with van der Waals surface area (Å²) in [6.07, 6.45) is 1.95. The van der Waals surface area contributed by atoms with Crippen LogP contribution in [-0.2, 0) is 4.79 Å². The fourth-order valence-corrected chi connectivity index (χ4v) is 2.11. The summed E-state index contributed by atoms with van der Waals surface area (Å²) in [7, 11) is 0. The summed E-state index contributed by atoms with van der Waals surface area (Å²) >= 11 is 0. The Morgan fingerprint density at radius 2 is 1.86 bits per heavy atom. The summed E-state index contributed by atoms with van der Waals surface area (Å²) in [6.45, 7) is 4.50. The van der Waals surface area contributed by atoms with Gasteiger partial charge < -0.3 is 15.7 Å². The normalized spacial score (nSPS) is 13.2. The van der Waals surface area contributed by atoms with Gasteiger partial charge in [-0.15, -0.1) is 0 Å². The van der Waals surface area contributed by atoms with Gasteiger partial charge in [-0.1, -0.05) is 50.6 Å². The van der Waals surface area contributed by atoms with Gasteiger partial charge in [-0.05, 0) is 24.3 Å². The lowest BCUT2D eigenvalue weighted by Gasteiger charge is -2.16. The fraction of sp³-hybridized carbons (Fsp3) is 0.500. The number of urea groups is 1. The average Bonchev–Trinajstić information content (AvgIpc) is 2.47. The highest BCUT2D eigenvalue weighted by Gasteiger charge is 2.18. The second-order valence-corrected chi connectivity index (χ2v) is 5.18. The number of carbonyl (C=O) groups is 2. The summed E-state index contributed by atoms with van der Waals surface area (Å²) < 4.78 is 0. The molecular weight excluding hydrogens is 268 g/mol. The molecule has 0 spiro atoms. The average molecular weight is 292 g/mol. The van der Waals surface area contributed by atoms with E-state index >= 15 is 0 Å². The van der Waals surface area contributed by atoms with E-state index < -0.39 is 18.0 Å². The zero-order valence-corrected chi connectivity index (χ0v) is 12.6. The second kappa shape index (κ2) is 9.00. The maximum atomic E-state index is 11.7. The molecule has 0 heterocycles. The SMILES string of the molecule is CCC[C@@H](NC(=O)NCCC(C)c1ccccc1)C(=O)O. The summed E-state index contributed by atoms with van der Waals surface area (Å²) in [6, 6.07) is 8.85. The third kappa shape index (κ3) is 6.29. The highest BCUT2D eigenvalue weighted by molar-refractivity contribution is 5.82. The maximum Gasteiger partial charge on any atom is 0.326 e. The van der Waals surface area contributed by atoms with Crippen molar-refractivity contribution in [2.45, 2.75) is 45.1 Å². The molecule has 0 radical (unpaired) electrons. The minimum atomic E-state index is -0.996. The number of carboxylic acid groups (broad SMARTS) is 1. The van der Waals surface area contributed by atoms with Crippen LogP contribution in [-0.4, -0.2) is 29.7 Å². The van der Waals surface area contributed by atoms with E-state index in [1.54, 1.807) is 0 Å². The standard InChI is InChI=1S/C16H24N2O3/c1-3-7-14(15(19)20)18-16(21)17-11-10-12(2)13-8-5-4-6-9-13/h4-6,8-9,12,14H,3,7,10-11H2,1-2H3,(H,19,20)(H2,17,18,21)/t12?,14-/m1/s1. The van der Waals surface area contributed by atoms with Crippen LogP contribution < -0.4 is 10.6 Å². The van der Waals surface area contributed by atoms with Crippen LogP contribution >= 0.6 is 0 Å². The maximum absolute atomic E-state index is 11.7. The molecule has 0 aliphatic rings. The summed E-state index contributed by atoms with van der Waals surface area (Å²) in [5.74, 6) is -0.651. The third-order valence-corrected chi connectivity index (χ3v) is 3.41. The summed E-state index contributed by atoms with van der Waals surface area (Å²) in [5.41, 5.74) is 1.23. The van der Waals surface area contributed by atoms with Crippen molar-refractivity contribution in [3.63, 3.8) is 0 Å². The van der Waals surface area contributed by atoms with E-state index in [9.17, 15) is 9.59 Å². The smallest absolute Gasteiger partial charge is 0.326 e. The molecule has 1 aromatic rings. The molecule has 0 saturated carbocycles. The van der Waals surface area contributed by atoms with Crippen LogP contribution in [0.4, 0.5) is 4.79 Å². The Bertz CT molecular complexity index is 448. The van der Waals surface area contributed by atoms with Gasteiger partial charge in [-0.3, -0.25) is 0 Å². The first-order valence-corrected chi connectivity index (χ1v) is 7.36. The number of hydrogen-bond donors (Lipinski definition) is 3. The van der Waals surface area contributed by atoms with E-state index in [-0.39, 0.29) is 0 Å². The first kappa shape index (κ1) is 17.0. The Hall–Kier alpha value is -2.04. The van der Waals surface area contributed by atoms with Crippen LogP contribution in [0.2, 0.25) is 0 Å². The molecule has 0 saturated heterocycles. The van der Waals surface area contributed by atoms with Crippen molar-refractivity contribution < 1.29 is 14.7 Å². The van der Waals surface area contributed by atoms with E-state index in [1.165, 1.54) is 5.56 Å². The lowest BCUT2D eigenvalue weighted by Crippen LogP contribution is -2.46. The van der Waals surface area contributed by atoms with Gasteiger partial charge in [0.2, 0.25) is 0 Å². The monoisotopic (exact) mass is 292 g/mol. The van der Waals surface area contributed by atoms with Gasteiger partial charge >= 0.3 is 12.0 Å². The lowest BCUT2D eigenvalue weighted by molar-refractivity contribution is -0.139. The Morgan fingerprint density at radius 1 is 1.19 bits per heavy atom. The van der Waals surface area contributed by atoms with Crippen molar-refractivity contribution in [2.24, 2.45) is 0 Å². The molecule has 1 unspecified atom stereocenters. The molecule has 0 fully saturated rings. The minimum absolute atomic E-state index is 0.345. The summed E-state index contributed by atoms with van der Waals surface area (Å²) in [5, 5.41) is 14.2. The van der Waals surface area contributed by atoms with Crippen LogP contribution in [0.5, 0.6) is 0 Å². The number of rotatable bonds is 8. The van der Waals surface area contributed by atoms with Crippen molar-refractivity contribution >= 4 is 12.0 Å². The molecule has 2 atom stereocenters. The van der Waals surface area contributed by atoms with Crippen molar-refractivity contribution in [1.29, 1.82) is 0 Å². The number of carboxylic acids is 1. The number of hydrogen-bond acceptors (Lipinski definition) is 2. The van der Waals surface area contributed by atoms with Crippen LogP contribution in [0, 0.1) is 0 Å². The first-order valence-electron chi connectivity index (χ1n) is 7.36. The molecule has 3 N–H and O–H groups in total. The summed E-state index contributed by atoms with van der Waals surface area (Å²) in [4.78, 5) is 22.6. The number of aliphatic carboxylic acids is 1. The number of carbonyl (C=O) groups excluding carboxylic acids is 1. The van der Waals surface area contributed by atoms with Crippen molar-refractivity contribution in [2.75, 3.05) is 6.54 Å². The van der Waals surface area contributed by atoms with Gasteiger partial charge in [0.05, 0.1) is 0 Å². The van der Waals surface area contributed by atoms with Crippen LogP contribution in [0.25, 0.3) is 0 Å². The van der Waals surface area contributed by atoms with E-state index in [4.69, 9.17) is 5.11 Å². The minimum Gasteiger partial charge on any atom is -0.480 e. The highest BCUT2D eigenvalue weighted by Crippen LogP contribution is 2.17. The van der Waals surface area contributed by atoms with E-state index in [2.05, 4.69) is 29.7 Å². The molecule has 0 aliphatic carbocycles. The number of benzene rings is 1. The van der Waals surface area contributed by atoms with Crippen molar-refractivity contribution in [1.82, 2.24) is 10.6 Å². The Labute approximate surface area is 125 Å². The number of amides is 2. The van der Waals surface area contributed by atoms with Crippen LogP contribution in [0.3, 0.4) is 0 Å². The molecule has 1 rings (SSSR count). The topological polar surface area (TPSA) is 78.4 Å². The molecule has 21 heavy (non-hydrogen) atoms. The predicted octanol–water partition coefficient (Wildman–Crippen LogP) is 2.73. The Morgan fingerprint density at radius 3 is 2.43 bits per heavy atom. The fourth-order valence-electron chi connectivity index (χ4n) is 2.11. The quantitative estimate of drug-likeness (QED) is 0.689. The van der Waals surface area contributed by atoms with Crippen molar-refractivity contribution in [3.8, 4) is 0 Å². The molecule has 116 valence electrons. The van der Waals surface area contributed by atoms with Crippen molar-refractivity contribution in [3.05, 3.63) is 35.9 Å². The zero-order chi connectivity index (χ0) is 15.7. The third-order valence-electron chi connectivity index (χ3n) is 3.41. The van der Waals surface area contributed by atoms with Gasteiger partial charge in [-0.2, -0.15) is 0 Å². The first-order chi connectivity index (χ1) is 10.0. The van der Waals surface area contributed by atoms with Gasteiger partial charge in [0.1, 0.15) is 6.04 Å². The molecule has 0 aromatic heterocycles. The molecule has 5 heteroatoms. The second-order valence-electron chi connectivity index (χ2n) is 5.18. The van der Waals surface area contributed by atoms with Gasteiger partial charge in [0.15, 0.2) is 0 Å². The molecule has 2 amide bonds. The van der Waals surface area contributed by atoms with Gasteiger partial charge in [-0.25, -0.2) is 9.59 Å². The molecule has 1 aromatic carbocycles. The predicted molar refractivity (Wildman–Crippen MR) is 82.3 cm³/mol. The van der Waals surface area contributed by atoms with Gasteiger partial charge in [0, 0.05) is 6.54 Å². The Balaban J connectivity index is 2.31. The van der Waals surface area contributed by atoms with Gasteiger partial charge in [0.25, 0.3) is 0 Å². The van der Waals surface area contributed by atoms with E-state index in [1.807, 2.05) is 25.1 Å². The lowest BCUT2D eigenvalue weighted by atomic mass is 9.98. The van der Waals surface area contributed by atoms with Crippen LogP contribution in [0.15, 0.2) is 30.3 Å². The highest BCUT2D eigenvalue weighted by atomic mass is 16.4.